The van der Waals surface area contributed by atoms with Gasteiger partial charge in [-0.15, -0.1) is 22.7 Å². The van der Waals surface area contributed by atoms with Crippen molar-refractivity contribution in [3.8, 4) is 0 Å². The van der Waals surface area contributed by atoms with Crippen molar-refractivity contribution in [3.05, 3.63) is 92.9 Å². The van der Waals surface area contributed by atoms with Crippen LogP contribution in [0.5, 0.6) is 0 Å². The van der Waals surface area contributed by atoms with E-state index in [1.807, 2.05) is 6.20 Å². The third kappa shape index (κ3) is 6.91. The number of hydrogen-bond acceptors (Lipinski definition) is 6. The second kappa shape index (κ2) is 10.7. The Labute approximate surface area is 207 Å². The number of amides is 1. The smallest absolute Gasteiger partial charge is 0.301 e. The fourth-order valence-corrected chi connectivity index (χ4v) is 5.86. The maximum absolute atomic E-state index is 12.9. The predicted molar refractivity (Wildman–Crippen MR) is 132 cm³/mol. The molecule has 0 unspecified atom stereocenters. The van der Waals surface area contributed by atoms with Crippen molar-refractivity contribution in [2.75, 3.05) is 11.1 Å². The number of benzene rings is 2. The van der Waals surface area contributed by atoms with E-state index in [1.54, 1.807) is 23.6 Å². The molecule has 0 saturated heterocycles. The molecule has 10 heteroatoms. The molecule has 34 heavy (non-hydrogen) atoms. The van der Waals surface area contributed by atoms with Crippen LogP contribution in [-0.2, 0) is 23.8 Å². The molecule has 176 valence electrons. The summed E-state index contributed by atoms with van der Waals surface area (Å²) in [5, 5.41) is 3.17. The minimum atomic E-state index is -4.38. The molecule has 0 aliphatic carbocycles. The molecule has 0 spiro atoms. The highest BCUT2D eigenvalue weighted by Gasteiger charge is 2.30. The number of rotatable bonds is 8. The van der Waals surface area contributed by atoms with E-state index in [4.69, 9.17) is 0 Å². The van der Waals surface area contributed by atoms with E-state index < -0.39 is 11.7 Å². The van der Waals surface area contributed by atoms with Gasteiger partial charge in [-0.25, -0.2) is 9.97 Å². The molecular weight excluding hydrogens is 499 g/mol. The van der Waals surface area contributed by atoms with Crippen LogP contribution in [0.15, 0.2) is 65.3 Å². The average Bonchev–Trinajstić information content (AvgIpc) is 3.43. The first-order valence-corrected chi connectivity index (χ1v) is 12.9. The summed E-state index contributed by atoms with van der Waals surface area (Å²) in [6.07, 6.45) is 0.157. The van der Waals surface area contributed by atoms with Gasteiger partial charge in [0.05, 0.1) is 11.3 Å². The van der Waals surface area contributed by atoms with Gasteiger partial charge in [0.15, 0.2) is 9.47 Å². The third-order valence-corrected chi connectivity index (χ3v) is 7.86. The Hall–Kier alpha value is -2.69. The average molecular weight is 520 g/mol. The zero-order valence-corrected chi connectivity index (χ0v) is 20.5. The number of halogens is 3. The van der Waals surface area contributed by atoms with Gasteiger partial charge < -0.3 is 5.32 Å². The number of alkyl halides is 3. The van der Waals surface area contributed by atoms with Crippen molar-refractivity contribution in [2.45, 2.75) is 30.3 Å². The number of anilines is 1. The van der Waals surface area contributed by atoms with E-state index >= 15 is 0 Å². The molecule has 1 amide bonds. The first kappa shape index (κ1) is 24.4. The van der Waals surface area contributed by atoms with Crippen LogP contribution >= 0.6 is 34.4 Å². The maximum atomic E-state index is 12.9. The lowest BCUT2D eigenvalue weighted by atomic mass is 10.1. The van der Waals surface area contributed by atoms with Crippen molar-refractivity contribution in [3.63, 3.8) is 0 Å². The van der Waals surface area contributed by atoms with Gasteiger partial charge >= 0.3 is 6.18 Å². The molecule has 0 atom stereocenters. The molecule has 2 heterocycles. The molecule has 4 nitrogen and oxygen atoms in total. The molecule has 0 bridgehead atoms. The van der Waals surface area contributed by atoms with Crippen LogP contribution in [-0.4, -0.2) is 21.6 Å². The van der Waals surface area contributed by atoms with Crippen LogP contribution in [0.4, 0.5) is 18.3 Å². The third-order valence-electron chi connectivity index (χ3n) is 4.79. The summed E-state index contributed by atoms with van der Waals surface area (Å²) >= 11 is 4.18. The van der Waals surface area contributed by atoms with E-state index in [0.717, 1.165) is 32.6 Å². The van der Waals surface area contributed by atoms with Gasteiger partial charge in [0, 0.05) is 35.0 Å². The number of nitrogens with one attached hydrogen (secondary N) is 1. The van der Waals surface area contributed by atoms with E-state index in [0.29, 0.717) is 17.1 Å². The molecule has 4 aromatic rings. The Morgan fingerprint density at radius 1 is 0.971 bits per heavy atom. The Balaban J connectivity index is 1.27. The van der Waals surface area contributed by atoms with Gasteiger partial charge in [0.1, 0.15) is 0 Å². The van der Waals surface area contributed by atoms with Crippen LogP contribution in [0, 0.1) is 6.92 Å². The molecule has 0 saturated carbocycles. The van der Waals surface area contributed by atoms with Gasteiger partial charge in [-0.1, -0.05) is 59.8 Å². The second-order valence-corrected chi connectivity index (χ2v) is 11.1. The summed E-state index contributed by atoms with van der Waals surface area (Å²) in [4.78, 5) is 22.8. The van der Waals surface area contributed by atoms with Gasteiger partial charge in [0.25, 0.3) is 0 Å². The van der Waals surface area contributed by atoms with Crippen molar-refractivity contribution in [2.24, 2.45) is 0 Å². The fourth-order valence-electron chi connectivity index (χ4n) is 3.13. The normalized spacial score (nSPS) is 11.5. The first-order valence-electron chi connectivity index (χ1n) is 10.3. The molecule has 1 N–H and O–H groups in total. The van der Waals surface area contributed by atoms with Gasteiger partial charge in [-0.3, -0.25) is 4.79 Å². The zero-order chi connectivity index (χ0) is 24.1. The highest BCUT2D eigenvalue weighted by molar-refractivity contribution is 8.01. The van der Waals surface area contributed by atoms with Crippen LogP contribution in [0.3, 0.4) is 0 Å². The van der Waals surface area contributed by atoms with E-state index in [1.165, 1.54) is 40.3 Å². The number of thiazole rings is 2. The highest BCUT2D eigenvalue weighted by atomic mass is 32.2. The number of thioether (sulfide) groups is 1. The van der Waals surface area contributed by atoms with Crippen LogP contribution in [0.1, 0.15) is 32.0 Å². The Bertz CT molecular complexity index is 1270. The largest absolute Gasteiger partial charge is 0.416 e. The Kier molecular flexibility index (Phi) is 7.70. The molecule has 0 radical (unpaired) electrons. The van der Waals surface area contributed by atoms with Crippen LogP contribution in [0.2, 0.25) is 0 Å². The SMILES string of the molecule is Cc1ccc(Cc2cnc(SCC(=O)Nc3ncc(Cc4cccc(C(F)(F)F)c4)s3)s2)cc1. The van der Waals surface area contributed by atoms with Gasteiger partial charge in [-0.05, 0) is 24.1 Å². The molecule has 2 aromatic heterocycles. The van der Waals surface area contributed by atoms with E-state index in [-0.39, 0.29) is 11.7 Å². The summed E-state index contributed by atoms with van der Waals surface area (Å²) in [5.41, 5.74) is 2.30. The lowest BCUT2D eigenvalue weighted by molar-refractivity contribution is -0.137. The van der Waals surface area contributed by atoms with E-state index in [9.17, 15) is 18.0 Å². The summed E-state index contributed by atoms with van der Waals surface area (Å²) in [6, 6.07) is 13.6. The van der Waals surface area contributed by atoms with Gasteiger partial charge in [-0.2, -0.15) is 13.2 Å². The molecule has 0 aliphatic heterocycles. The number of hydrogen-bond donors (Lipinski definition) is 1. The summed E-state index contributed by atoms with van der Waals surface area (Å²) in [7, 11) is 0. The highest BCUT2D eigenvalue weighted by Crippen LogP contribution is 2.31. The fraction of sp³-hybridized carbons (Fsp3) is 0.208. The zero-order valence-electron chi connectivity index (χ0n) is 18.1. The van der Waals surface area contributed by atoms with Crippen LogP contribution in [0.25, 0.3) is 0 Å². The standard InChI is InChI=1S/C24H20F3N3OS3/c1-15-5-7-16(8-6-15)10-20-13-29-23(34-20)32-14-21(31)30-22-28-12-19(33-22)11-17-3-2-4-18(9-17)24(25,26)27/h2-9,12-13H,10-11,14H2,1H3,(H,28,30,31). The van der Waals surface area contributed by atoms with E-state index in [2.05, 4.69) is 46.5 Å². The lowest BCUT2D eigenvalue weighted by Gasteiger charge is -2.07. The van der Waals surface area contributed by atoms with Crippen molar-refractivity contribution >= 4 is 45.5 Å². The van der Waals surface area contributed by atoms with Crippen LogP contribution < -0.4 is 5.32 Å². The molecular formula is C24H20F3N3OS3. The van der Waals surface area contributed by atoms with Crippen molar-refractivity contribution in [1.82, 2.24) is 9.97 Å². The summed E-state index contributed by atoms with van der Waals surface area (Å²) < 4.78 is 39.5. The van der Waals surface area contributed by atoms with Crippen molar-refractivity contribution in [1.29, 1.82) is 0 Å². The molecule has 2 aromatic carbocycles. The predicted octanol–water partition coefficient (Wildman–Crippen LogP) is 6.84. The topological polar surface area (TPSA) is 54.9 Å². The lowest BCUT2D eigenvalue weighted by Crippen LogP contribution is -2.13. The molecule has 0 fully saturated rings. The number of nitrogens with zero attached hydrogens (tertiary/aromatic N) is 2. The minimum Gasteiger partial charge on any atom is -0.301 e. The Morgan fingerprint density at radius 3 is 2.44 bits per heavy atom. The summed E-state index contributed by atoms with van der Waals surface area (Å²) in [5.74, 6) is -0.0136. The number of aromatic nitrogens is 2. The number of aryl methyl sites for hydroxylation is 1. The first-order chi connectivity index (χ1) is 16.2. The number of carbonyl (C=O) groups excluding carboxylic acids is 1. The monoisotopic (exact) mass is 519 g/mol. The second-order valence-electron chi connectivity index (χ2n) is 7.60. The summed E-state index contributed by atoms with van der Waals surface area (Å²) in [6.45, 7) is 2.05. The van der Waals surface area contributed by atoms with Crippen molar-refractivity contribution < 1.29 is 18.0 Å². The minimum absolute atomic E-state index is 0.194. The Morgan fingerprint density at radius 2 is 1.68 bits per heavy atom. The molecule has 0 aliphatic rings. The van der Waals surface area contributed by atoms with Gasteiger partial charge in [0.2, 0.25) is 5.91 Å². The maximum Gasteiger partial charge on any atom is 0.416 e. The molecule has 4 rings (SSSR count). The quantitative estimate of drug-likeness (QED) is 0.259. The number of carbonyl (C=O) groups is 1.